The van der Waals surface area contributed by atoms with Gasteiger partial charge in [0, 0.05) is 21.2 Å². The molecule has 0 saturated carbocycles. The molecule has 0 fully saturated rings. The minimum atomic E-state index is -0.939. The maximum atomic E-state index is 10.9. The first-order chi connectivity index (χ1) is 9.10. The van der Waals surface area contributed by atoms with Crippen LogP contribution in [0, 0.1) is 0 Å². The Labute approximate surface area is 123 Å². The quantitative estimate of drug-likeness (QED) is 0.869. The molecule has 0 radical (unpaired) electrons. The summed E-state index contributed by atoms with van der Waals surface area (Å²) in [6, 6.07) is 5.09. The molecule has 2 rings (SSSR count). The Kier molecular flexibility index (Phi) is 4.55. The second-order valence-electron chi connectivity index (χ2n) is 3.93. The zero-order valence-corrected chi connectivity index (χ0v) is 12.7. The number of nitrogens with zero attached hydrogens (tertiary/aromatic N) is 1. The maximum Gasteiger partial charge on any atom is 0.336 e. The molecule has 0 aliphatic heterocycles. The lowest BCUT2D eigenvalue weighted by molar-refractivity contribution is 0.0696. The first-order valence-electron chi connectivity index (χ1n) is 5.80. The molecule has 0 unspecified atom stereocenters. The van der Waals surface area contributed by atoms with Gasteiger partial charge >= 0.3 is 5.97 Å². The van der Waals surface area contributed by atoms with E-state index in [1.165, 1.54) is 4.88 Å². The van der Waals surface area contributed by atoms with E-state index in [1.54, 1.807) is 29.5 Å². The molecule has 2 N–H and O–H groups in total. The van der Waals surface area contributed by atoms with Crippen LogP contribution in [-0.4, -0.2) is 16.1 Å². The summed E-state index contributed by atoms with van der Waals surface area (Å²) in [6.07, 6.45) is 2.89. The molecule has 0 aliphatic rings. The second-order valence-corrected chi connectivity index (χ2v) is 5.98. The summed E-state index contributed by atoms with van der Waals surface area (Å²) in [4.78, 5) is 16.5. The summed E-state index contributed by atoms with van der Waals surface area (Å²) in [5, 5.41) is 13.2. The van der Waals surface area contributed by atoms with Crippen LogP contribution < -0.4 is 5.32 Å². The number of carboxylic acid groups (broad SMARTS) is 1. The summed E-state index contributed by atoms with van der Waals surface area (Å²) >= 11 is 4.94. The van der Waals surface area contributed by atoms with Gasteiger partial charge in [-0.2, -0.15) is 0 Å². The van der Waals surface area contributed by atoms with Crippen molar-refractivity contribution in [3.8, 4) is 0 Å². The standard InChI is InChI=1S/C13H13BrN2O2S/c1-2-9-6-16-12(19-9)7-15-8-3-4-10(13(17)18)11(14)5-8/h3-6,15H,2,7H2,1H3,(H,17,18). The first-order valence-corrected chi connectivity index (χ1v) is 7.41. The van der Waals surface area contributed by atoms with Gasteiger partial charge in [-0.3, -0.25) is 0 Å². The number of nitrogens with one attached hydrogen (secondary N) is 1. The zero-order chi connectivity index (χ0) is 13.8. The third-order valence-corrected chi connectivity index (χ3v) is 4.39. The number of anilines is 1. The monoisotopic (exact) mass is 340 g/mol. The zero-order valence-electron chi connectivity index (χ0n) is 10.3. The highest BCUT2D eigenvalue weighted by molar-refractivity contribution is 9.10. The third kappa shape index (κ3) is 3.54. The molecule has 1 aromatic heterocycles. The second kappa shape index (κ2) is 6.16. The fraction of sp³-hybridized carbons (Fsp3) is 0.231. The lowest BCUT2D eigenvalue weighted by Crippen LogP contribution is -2.01. The molecular formula is C13H13BrN2O2S. The van der Waals surface area contributed by atoms with Crippen LogP contribution in [0.25, 0.3) is 0 Å². The van der Waals surface area contributed by atoms with Gasteiger partial charge < -0.3 is 10.4 Å². The van der Waals surface area contributed by atoms with Gasteiger partial charge in [0.1, 0.15) is 5.01 Å². The van der Waals surface area contributed by atoms with Crippen molar-refractivity contribution < 1.29 is 9.90 Å². The molecule has 0 bridgehead atoms. The number of rotatable bonds is 5. The van der Waals surface area contributed by atoms with Crippen LogP contribution in [0.1, 0.15) is 27.2 Å². The van der Waals surface area contributed by atoms with Crippen molar-refractivity contribution in [3.63, 3.8) is 0 Å². The number of carboxylic acids is 1. The fourth-order valence-corrected chi connectivity index (χ4v) is 2.92. The van der Waals surface area contributed by atoms with Crippen molar-refractivity contribution in [1.82, 2.24) is 4.98 Å². The summed E-state index contributed by atoms with van der Waals surface area (Å²) in [5.41, 5.74) is 1.12. The van der Waals surface area contributed by atoms with Crippen LogP contribution in [0.2, 0.25) is 0 Å². The van der Waals surface area contributed by atoms with E-state index in [4.69, 9.17) is 5.11 Å². The number of thiazole rings is 1. The molecule has 0 saturated heterocycles. The average Bonchev–Trinajstić information content (AvgIpc) is 2.84. The predicted molar refractivity (Wildman–Crippen MR) is 79.9 cm³/mol. The number of aromatic nitrogens is 1. The molecule has 4 nitrogen and oxygen atoms in total. The summed E-state index contributed by atoms with van der Waals surface area (Å²) in [6.45, 7) is 2.75. The molecule has 0 spiro atoms. The van der Waals surface area contributed by atoms with E-state index < -0.39 is 5.97 Å². The number of carbonyl (C=O) groups is 1. The molecule has 19 heavy (non-hydrogen) atoms. The molecule has 0 aliphatic carbocycles. The normalized spacial score (nSPS) is 10.4. The predicted octanol–water partition coefficient (Wildman–Crippen LogP) is 3.78. The van der Waals surface area contributed by atoms with E-state index in [-0.39, 0.29) is 5.56 Å². The van der Waals surface area contributed by atoms with Crippen molar-refractivity contribution in [2.75, 3.05) is 5.32 Å². The highest BCUT2D eigenvalue weighted by Gasteiger charge is 2.08. The van der Waals surface area contributed by atoms with E-state index >= 15 is 0 Å². The summed E-state index contributed by atoms with van der Waals surface area (Å²) in [5.74, 6) is -0.939. The van der Waals surface area contributed by atoms with Gasteiger partial charge in [0.05, 0.1) is 12.1 Å². The topological polar surface area (TPSA) is 62.2 Å². The van der Waals surface area contributed by atoms with Crippen molar-refractivity contribution >= 4 is 38.9 Å². The molecule has 1 heterocycles. The van der Waals surface area contributed by atoms with E-state index in [0.29, 0.717) is 11.0 Å². The van der Waals surface area contributed by atoms with Crippen LogP contribution in [0.4, 0.5) is 5.69 Å². The van der Waals surface area contributed by atoms with Gasteiger partial charge in [-0.25, -0.2) is 9.78 Å². The smallest absolute Gasteiger partial charge is 0.336 e. The van der Waals surface area contributed by atoms with Crippen molar-refractivity contribution in [2.45, 2.75) is 19.9 Å². The number of aryl methyl sites for hydroxylation is 1. The minimum absolute atomic E-state index is 0.257. The van der Waals surface area contributed by atoms with Crippen molar-refractivity contribution in [1.29, 1.82) is 0 Å². The minimum Gasteiger partial charge on any atom is -0.478 e. The summed E-state index contributed by atoms with van der Waals surface area (Å²) in [7, 11) is 0. The maximum absolute atomic E-state index is 10.9. The number of hydrogen-bond acceptors (Lipinski definition) is 4. The van der Waals surface area contributed by atoms with Crippen LogP contribution in [0.3, 0.4) is 0 Å². The molecule has 1 aromatic carbocycles. The van der Waals surface area contributed by atoms with E-state index in [1.807, 2.05) is 6.20 Å². The number of aromatic carboxylic acids is 1. The Bertz CT molecular complexity index is 598. The third-order valence-electron chi connectivity index (χ3n) is 2.59. The highest BCUT2D eigenvalue weighted by atomic mass is 79.9. The Morgan fingerprint density at radius 2 is 2.32 bits per heavy atom. The van der Waals surface area contributed by atoms with Gasteiger partial charge in [-0.1, -0.05) is 6.92 Å². The lowest BCUT2D eigenvalue weighted by Gasteiger charge is -2.06. The van der Waals surface area contributed by atoms with E-state index in [9.17, 15) is 4.79 Å². The van der Waals surface area contributed by atoms with Crippen molar-refractivity contribution in [2.24, 2.45) is 0 Å². The van der Waals surface area contributed by atoms with Crippen LogP contribution in [0.5, 0.6) is 0 Å². The van der Waals surface area contributed by atoms with Gasteiger partial charge in [0.2, 0.25) is 0 Å². The Morgan fingerprint density at radius 3 is 2.89 bits per heavy atom. The highest BCUT2D eigenvalue weighted by Crippen LogP contribution is 2.22. The Morgan fingerprint density at radius 1 is 1.53 bits per heavy atom. The lowest BCUT2D eigenvalue weighted by atomic mass is 10.2. The van der Waals surface area contributed by atoms with Crippen LogP contribution in [0.15, 0.2) is 28.9 Å². The molecule has 6 heteroatoms. The largest absolute Gasteiger partial charge is 0.478 e. The number of benzene rings is 1. The van der Waals surface area contributed by atoms with Crippen LogP contribution in [-0.2, 0) is 13.0 Å². The Hall–Kier alpha value is -1.40. The molecule has 2 aromatic rings. The number of halogens is 1. The van der Waals surface area contributed by atoms with Gasteiger partial charge in [-0.05, 0) is 40.5 Å². The fourth-order valence-electron chi connectivity index (χ4n) is 1.57. The van der Waals surface area contributed by atoms with Crippen LogP contribution >= 0.6 is 27.3 Å². The van der Waals surface area contributed by atoms with E-state index in [0.717, 1.165) is 17.1 Å². The SMILES string of the molecule is CCc1cnc(CNc2ccc(C(=O)O)c(Br)c2)s1. The molecule has 0 amide bonds. The van der Waals surface area contributed by atoms with Gasteiger partial charge in [-0.15, -0.1) is 11.3 Å². The molecular weight excluding hydrogens is 328 g/mol. The van der Waals surface area contributed by atoms with Gasteiger partial charge in [0.25, 0.3) is 0 Å². The average molecular weight is 341 g/mol. The van der Waals surface area contributed by atoms with Gasteiger partial charge in [0.15, 0.2) is 0 Å². The number of hydrogen-bond donors (Lipinski definition) is 2. The Balaban J connectivity index is 2.03. The molecule has 100 valence electrons. The summed E-state index contributed by atoms with van der Waals surface area (Å²) < 4.78 is 0.568. The first kappa shape index (κ1) is 14.0. The van der Waals surface area contributed by atoms with Crippen molar-refractivity contribution in [3.05, 3.63) is 44.3 Å². The molecule has 0 atom stereocenters. The van der Waals surface area contributed by atoms with E-state index in [2.05, 4.69) is 33.2 Å².